The Hall–Kier alpha value is -3.37. The molecule has 1 N–H and O–H groups in total. The SMILES string of the molecule is N#Cc1ccc(C=NNc2nc(-c3ccc4c(c3)OCCO4)cs2)cc1. The first-order valence-corrected chi connectivity index (χ1v) is 8.84. The van der Waals surface area contributed by atoms with Crippen molar-refractivity contribution in [3.8, 4) is 28.8 Å². The van der Waals surface area contributed by atoms with Crippen LogP contribution in [0, 0.1) is 11.3 Å². The largest absolute Gasteiger partial charge is 0.486 e. The van der Waals surface area contributed by atoms with E-state index in [-0.39, 0.29) is 0 Å². The molecule has 0 amide bonds. The van der Waals surface area contributed by atoms with Crippen molar-refractivity contribution < 1.29 is 9.47 Å². The molecule has 0 atom stereocenters. The number of benzene rings is 2. The number of nitrogens with zero attached hydrogens (tertiary/aromatic N) is 3. The highest BCUT2D eigenvalue weighted by atomic mass is 32.1. The summed E-state index contributed by atoms with van der Waals surface area (Å²) in [6.07, 6.45) is 1.69. The van der Waals surface area contributed by atoms with Gasteiger partial charge in [-0.15, -0.1) is 11.3 Å². The predicted molar refractivity (Wildman–Crippen MR) is 101 cm³/mol. The third-order valence-corrected chi connectivity index (χ3v) is 4.50. The van der Waals surface area contributed by atoms with E-state index in [9.17, 15) is 0 Å². The summed E-state index contributed by atoms with van der Waals surface area (Å²) in [5, 5.41) is 15.6. The van der Waals surface area contributed by atoms with Crippen molar-refractivity contribution in [2.45, 2.75) is 0 Å². The lowest BCUT2D eigenvalue weighted by atomic mass is 10.1. The third kappa shape index (κ3) is 3.50. The summed E-state index contributed by atoms with van der Waals surface area (Å²) in [7, 11) is 0. The molecule has 0 unspecified atom stereocenters. The summed E-state index contributed by atoms with van der Waals surface area (Å²) < 4.78 is 11.2. The van der Waals surface area contributed by atoms with Gasteiger partial charge in [-0.25, -0.2) is 4.98 Å². The van der Waals surface area contributed by atoms with Gasteiger partial charge in [0.25, 0.3) is 0 Å². The van der Waals surface area contributed by atoms with Crippen LogP contribution in [-0.4, -0.2) is 24.4 Å². The average Bonchev–Trinajstić information content (AvgIpc) is 3.17. The second kappa shape index (κ2) is 7.25. The van der Waals surface area contributed by atoms with E-state index in [2.05, 4.69) is 21.6 Å². The summed E-state index contributed by atoms with van der Waals surface area (Å²) in [6, 6.07) is 15.1. The Labute approximate surface area is 154 Å². The maximum absolute atomic E-state index is 8.80. The molecule has 1 aliphatic rings. The highest BCUT2D eigenvalue weighted by molar-refractivity contribution is 7.14. The van der Waals surface area contributed by atoms with Crippen molar-refractivity contribution >= 4 is 22.7 Å². The van der Waals surface area contributed by atoms with Gasteiger partial charge in [-0.3, -0.25) is 5.43 Å². The first-order valence-electron chi connectivity index (χ1n) is 7.96. The van der Waals surface area contributed by atoms with Gasteiger partial charge in [0.1, 0.15) is 13.2 Å². The van der Waals surface area contributed by atoms with E-state index in [0.717, 1.165) is 28.3 Å². The molecule has 1 aromatic heterocycles. The fourth-order valence-corrected chi connectivity index (χ4v) is 3.13. The number of hydrazone groups is 1. The van der Waals surface area contributed by atoms with Crippen LogP contribution in [0.3, 0.4) is 0 Å². The quantitative estimate of drug-likeness (QED) is 0.562. The molecular formula is C19H14N4O2S. The van der Waals surface area contributed by atoms with Crippen LogP contribution >= 0.6 is 11.3 Å². The van der Waals surface area contributed by atoms with Crippen LogP contribution < -0.4 is 14.9 Å². The summed E-state index contributed by atoms with van der Waals surface area (Å²) in [5.41, 5.74) is 6.27. The minimum absolute atomic E-state index is 0.560. The number of rotatable bonds is 4. The minimum Gasteiger partial charge on any atom is -0.486 e. The van der Waals surface area contributed by atoms with Gasteiger partial charge in [-0.2, -0.15) is 10.4 Å². The van der Waals surface area contributed by atoms with E-state index >= 15 is 0 Å². The smallest absolute Gasteiger partial charge is 0.203 e. The molecule has 7 heteroatoms. The van der Waals surface area contributed by atoms with Gasteiger partial charge in [0.15, 0.2) is 11.5 Å². The molecule has 2 heterocycles. The third-order valence-electron chi connectivity index (χ3n) is 3.76. The molecule has 0 saturated carbocycles. The highest BCUT2D eigenvalue weighted by Gasteiger charge is 2.13. The van der Waals surface area contributed by atoms with Crippen LogP contribution in [0.1, 0.15) is 11.1 Å². The number of hydrogen-bond acceptors (Lipinski definition) is 7. The van der Waals surface area contributed by atoms with E-state index in [1.54, 1.807) is 18.3 Å². The van der Waals surface area contributed by atoms with E-state index in [4.69, 9.17) is 14.7 Å². The van der Waals surface area contributed by atoms with E-state index < -0.39 is 0 Å². The van der Waals surface area contributed by atoms with Gasteiger partial charge < -0.3 is 9.47 Å². The first kappa shape index (κ1) is 16.1. The molecule has 6 nitrogen and oxygen atoms in total. The normalized spacial score (nSPS) is 12.7. The minimum atomic E-state index is 0.560. The van der Waals surface area contributed by atoms with Gasteiger partial charge >= 0.3 is 0 Å². The zero-order chi connectivity index (χ0) is 17.8. The van der Waals surface area contributed by atoms with Gasteiger partial charge in [-0.1, -0.05) is 12.1 Å². The Morgan fingerprint density at radius 3 is 2.73 bits per heavy atom. The Bertz CT molecular complexity index is 990. The highest BCUT2D eigenvalue weighted by Crippen LogP contribution is 2.35. The summed E-state index contributed by atoms with van der Waals surface area (Å²) in [5.74, 6) is 1.51. The van der Waals surface area contributed by atoms with E-state index in [1.165, 1.54) is 11.3 Å². The number of ether oxygens (including phenoxy) is 2. The van der Waals surface area contributed by atoms with Gasteiger partial charge in [0.05, 0.1) is 23.5 Å². The topological polar surface area (TPSA) is 79.5 Å². The summed E-state index contributed by atoms with van der Waals surface area (Å²) in [4.78, 5) is 4.54. The van der Waals surface area contributed by atoms with Crippen LogP contribution in [0.2, 0.25) is 0 Å². The molecule has 0 fully saturated rings. The number of nitrogens with one attached hydrogen (secondary N) is 1. The van der Waals surface area contributed by atoms with Crippen LogP contribution in [0.5, 0.6) is 11.5 Å². The lowest BCUT2D eigenvalue weighted by Crippen LogP contribution is -2.15. The first-order chi connectivity index (χ1) is 12.8. The molecule has 0 aliphatic carbocycles. The molecule has 0 bridgehead atoms. The van der Waals surface area contributed by atoms with Crippen molar-refractivity contribution in [3.63, 3.8) is 0 Å². The summed E-state index contributed by atoms with van der Waals surface area (Å²) >= 11 is 1.47. The van der Waals surface area contributed by atoms with Gasteiger partial charge in [0, 0.05) is 10.9 Å². The predicted octanol–water partition coefficient (Wildman–Crippen LogP) is 3.90. The lowest BCUT2D eigenvalue weighted by molar-refractivity contribution is 0.171. The lowest BCUT2D eigenvalue weighted by Gasteiger charge is -2.18. The molecule has 26 heavy (non-hydrogen) atoms. The zero-order valence-electron chi connectivity index (χ0n) is 13.7. The number of thiazole rings is 1. The fourth-order valence-electron chi connectivity index (χ4n) is 2.47. The van der Waals surface area contributed by atoms with Crippen LogP contribution in [-0.2, 0) is 0 Å². The molecule has 3 aromatic rings. The Balaban J connectivity index is 1.44. The number of aromatic nitrogens is 1. The second-order valence-electron chi connectivity index (χ2n) is 5.50. The molecule has 4 rings (SSSR count). The maximum Gasteiger partial charge on any atom is 0.203 e. The number of hydrogen-bond donors (Lipinski definition) is 1. The Morgan fingerprint density at radius 2 is 1.92 bits per heavy atom. The zero-order valence-corrected chi connectivity index (χ0v) is 14.5. The molecule has 0 spiro atoms. The molecule has 1 aliphatic heterocycles. The van der Waals surface area contributed by atoms with Crippen molar-refractivity contribution in [1.82, 2.24) is 4.98 Å². The van der Waals surface area contributed by atoms with Crippen LogP contribution in [0.4, 0.5) is 5.13 Å². The van der Waals surface area contributed by atoms with Crippen molar-refractivity contribution in [2.24, 2.45) is 5.10 Å². The molecule has 2 aromatic carbocycles. The van der Waals surface area contributed by atoms with Crippen molar-refractivity contribution in [3.05, 3.63) is 59.0 Å². The standard InChI is InChI=1S/C19H14N4O2S/c20-10-13-1-3-14(4-2-13)11-21-23-19-22-16(12-26-19)15-5-6-17-18(9-15)25-8-7-24-17/h1-6,9,11-12H,7-8H2,(H,22,23). The number of fused-ring (bicyclic) bond motifs is 1. The van der Waals surface area contributed by atoms with E-state index in [0.29, 0.717) is 23.9 Å². The van der Waals surface area contributed by atoms with E-state index in [1.807, 2.05) is 35.7 Å². The molecule has 128 valence electrons. The molecule has 0 saturated heterocycles. The van der Waals surface area contributed by atoms with Crippen LogP contribution in [0.15, 0.2) is 52.9 Å². The fraction of sp³-hybridized carbons (Fsp3) is 0.105. The maximum atomic E-state index is 8.80. The number of anilines is 1. The Kier molecular flexibility index (Phi) is 4.50. The Morgan fingerprint density at radius 1 is 1.12 bits per heavy atom. The van der Waals surface area contributed by atoms with Crippen molar-refractivity contribution in [1.29, 1.82) is 5.26 Å². The molecule has 0 radical (unpaired) electrons. The average molecular weight is 362 g/mol. The van der Waals surface area contributed by atoms with Crippen molar-refractivity contribution in [2.75, 3.05) is 18.6 Å². The summed E-state index contributed by atoms with van der Waals surface area (Å²) in [6.45, 7) is 1.14. The van der Waals surface area contributed by atoms with Crippen LogP contribution in [0.25, 0.3) is 11.3 Å². The molecular weight excluding hydrogens is 348 g/mol. The van der Waals surface area contributed by atoms with Gasteiger partial charge in [0.2, 0.25) is 5.13 Å². The monoisotopic (exact) mass is 362 g/mol. The second-order valence-corrected chi connectivity index (χ2v) is 6.36. The van der Waals surface area contributed by atoms with Gasteiger partial charge in [-0.05, 0) is 35.9 Å². The number of nitriles is 1.